The summed E-state index contributed by atoms with van der Waals surface area (Å²) in [5, 5.41) is 5.12. The van der Waals surface area contributed by atoms with Crippen LogP contribution in [0.1, 0.15) is 105 Å². The van der Waals surface area contributed by atoms with Gasteiger partial charge in [0.2, 0.25) is 10.0 Å². The highest BCUT2D eigenvalue weighted by molar-refractivity contribution is 7.92. The second kappa shape index (κ2) is 14.1. The molecule has 2 N–H and O–H groups in total. The summed E-state index contributed by atoms with van der Waals surface area (Å²) in [5.41, 5.74) is 0.194. The highest BCUT2D eigenvalue weighted by atomic mass is 32.2. The summed E-state index contributed by atoms with van der Waals surface area (Å²) in [6, 6.07) is 0. The zero-order chi connectivity index (χ0) is 23.3. The fraction of sp³-hybridized carbons (Fsp3) is 1.00. The van der Waals surface area contributed by atoms with Crippen LogP contribution < -0.4 is 5.14 Å². The highest BCUT2D eigenvalue weighted by Crippen LogP contribution is 2.37. The summed E-state index contributed by atoms with van der Waals surface area (Å²) in [7, 11) is -6.42. The zero-order valence-corrected chi connectivity index (χ0v) is 21.7. The van der Waals surface area contributed by atoms with Gasteiger partial charge in [0, 0.05) is 19.5 Å². The molecule has 0 rings (SSSR count). The van der Waals surface area contributed by atoms with Gasteiger partial charge in [-0.15, -0.1) is 0 Å². The Bertz CT molecular complexity index is 651. The van der Waals surface area contributed by atoms with E-state index in [0.717, 1.165) is 58.0 Å². The van der Waals surface area contributed by atoms with E-state index in [4.69, 9.17) is 9.88 Å². The number of unbranched alkanes of at least 4 members (excludes halogenated alkanes) is 2. The second-order valence-electron chi connectivity index (χ2n) is 8.87. The minimum atomic E-state index is -3.38. The van der Waals surface area contributed by atoms with Crippen LogP contribution in [0.4, 0.5) is 0 Å². The SMILES string of the molecule is CCC(CC)(CCCCOCCCCC(CC)(CC)S(C)(=O)=O)CCCS(N)(=O)=O. The Kier molecular flexibility index (Phi) is 14.0. The van der Waals surface area contributed by atoms with Crippen LogP contribution in [-0.4, -0.2) is 46.8 Å². The lowest BCUT2D eigenvalue weighted by atomic mass is 9.74. The van der Waals surface area contributed by atoms with Gasteiger partial charge in [-0.2, -0.15) is 0 Å². The van der Waals surface area contributed by atoms with E-state index < -0.39 is 24.6 Å². The minimum absolute atomic E-state index is 0.0640. The van der Waals surface area contributed by atoms with Gasteiger partial charge in [0.25, 0.3) is 0 Å². The summed E-state index contributed by atoms with van der Waals surface area (Å²) < 4.78 is 51.8. The Morgan fingerprint density at radius 3 is 1.57 bits per heavy atom. The molecule has 0 aliphatic rings. The van der Waals surface area contributed by atoms with Crippen molar-refractivity contribution >= 4 is 19.9 Å². The predicted octanol–water partition coefficient (Wildman–Crippen LogP) is 4.82. The fourth-order valence-electron chi connectivity index (χ4n) is 4.50. The predicted molar refractivity (Wildman–Crippen MR) is 127 cm³/mol. The van der Waals surface area contributed by atoms with Crippen molar-refractivity contribution in [2.75, 3.05) is 25.2 Å². The van der Waals surface area contributed by atoms with Gasteiger partial charge in [-0.3, -0.25) is 0 Å². The van der Waals surface area contributed by atoms with Crippen LogP contribution in [0, 0.1) is 5.41 Å². The van der Waals surface area contributed by atoms with Crippen molar-refractivity contribution in [2.24, 2.45) is 10.6 Å². The van der Waals surface area contributed by atoms with Crippen LogP contribution in [0.25, 0.3) is 0 Å². The Hall–Kier alpha value is -0.180. The molecule has 0 aliphatic carbocycles. The van der Waals surface area contributed by atoms with Crippen molar-refractivity contribution in [3.8, 4) is 0 Å². The van der Waals surface area contributed by atoms with E-state index in [1.807, 2.05) is 13.8 Å². The van der Waals surface area contributed by atoms with E-state index in [-0.39, 0.29) is 11.2 Å². The maximum atomic E-state index is 12.1. The lowest BCUT2D eigenvalue weighted by molar-refractivity contribution is 0.118. The Balaban J connectivity index is 4.11. The van der Waals surface area contributed by atoms with E-state index >= 15 is 0 Å². The van der Waals surface area contributed by atoms with Crippen LogP contribution in [0.3, 0.4) is 0 Å². The molecular weight excluding hydrogens is 422 g/mol. The standard InChI is InChI=1S/C22H47NO5S2/c1-6-21(7-2,16-14-20-30(23,26)27)15-10-12-18-28-19-13-11-17-22(8-3,9-4)29(5,24)25/h6-20H2,1-5H3,(H2,23,26,27). The first kappa shape index (κ1) is 29.8. The first-order chi connectivity index (χ1) is 13.9. The fourth-order valence-corrected chi connectivity index (χ4v) is 6.61. The molecule has 182 valence electrons. The van der Waals surface area contributed by atoms with Gasteiger partial charge in [-0.05, 0) is 63.2 Å². The average Bonchev–Trinajstić information content (AvgIpc) is 2.66. The molecular formula is C22H47NO5S2. The molecule has 0 unspecified atom stereocenters. The molecule has 0 radical (unpaired) electrons. The van der Waals surface area contributed by atoms with Gasteiger partial charge in [-0.25, -0.2) is 22.0 Å². The van der Waals surface area contributed by atoms with Crippen LogP contribution in [0.15, 0.2) is 0 Å². The van der Waals surface area contributed by atoms with Crippen LogP contribution in [-0.2, 0) is 24.6 Å². The molecule has 0 aliphatic heterocycles. The summed E-state index contributed by atoms with van der Waals surface area (Å²) in [5.74, 6) is 0.0640. The van der Waals surface area contributed by atoms with E-state index in [9.17, 15) is 16.8 Å². The van der Waals surface area contributed by atoms with Gasteiger partial charge in [0.15, 0.2) is 9.84 Å². The average molecular weight is 470 g/mol. The van der Waals surface area contributed by atoms with Gasteiger partial charge < -0.3 is 4.74 Å². The molecule has 0 bridgehead atoms. The maximum absolute atomic E-state index is 12.1. The number of rotatable bonds is 19. The Morgan fingerprint density at radius 1 is 0.700 bits per heavy atom. The van der Waals surface area contributed by atoms with Crippen LogP contribution in [0.5, 0.6) is 0 Å². The molecule has 0 aromatic heterocycles. The van der Waals surface area contributed by atoms with Crippen molar-refractivity contribution < 1.29 is 21.6 Å². The van der Waals surface area contributed by atoms with Crippen molar-refractivity contribution in [3.05, 3.63) is 0 Å². The minimum Gasteiger partial charge on any atom is -0.381 e. The first-order valence-corrected chi connectivity index (χ1v) is 15.3. The quantitative estimate of drug-likeness (QED) is 0.273. The Morgan fingerprint density at radius 2 is 1.17 bits per heavy atom. The number of hydrogen-bond donors (Lipinski definition) is 1. The topological polar surface area (TPSA) is 104 Å². The van der Waals surface area contributed by atoms with E-state index in [2.05, 4.69) is 13.8 Å². The normalized spacial score (nSPS) is 13.7. The molecule has 0 amide bonds. The van der Waals surface area contributed by atoms with E-state index in [1.54, 1.807) is 0 Å². The molecule has 6 nitrogen and oxygen atoms in total. The molecule has 30 heavy (non-hydrogen) atoms. The summed E-state index contributed by atoms with van der Waals surface area (Å²) >= 11 is 0. The van der Waals surface area contributed by atoms with E-state index in [0.29, 0.717) is 32.3 Å². The molecule has 0 heterocycles. The van der Waals surface area contributed by atoms with Gasteiger partial charge >= 0.3 is 0 Å². The number of nitrogens with two attached hydrogens (primary N) is 1. The lowest BCUT2D eigenvalue weighted by Gasteiger charge is -2.32. The van der Waals surface area contributed by atoms with Crippen molar-refractivity contribution in [1.29, 1.82) is 0 Å². The molecule has 0 aromatic rings. The summed E-state index contributed by atoms with van der Waals surface area (Å²) in [4.78, 5) is 0. The Labute approximate surface area is 186 Å². The maximum Gasteiger partial charge on any atom is 0.209 e. The molecule has 0 fully saturated rings. The molecule has 0 aromatic carbocycles. The third-order valence-electron chi connectivity index (χ3n) is 7.13. The van der Waals surface area contributed by atoms with Crippen LogP contribution >= 0.6 is 0 Å². The third-order valence-corrected chi connectivity index (χ3v) is 10.3. The first-order valence-electron chi connectivity index (χ1n) is 11.7. The van der Waals surface area contributed by atoms with Gasteiger partial charge in [0.1, 0.15) is 0 Å². The molecule has 0 saturated heterocycles. The van der Waals surface area contributed by atoms with Gasteiger partial charge in [-0.1, -0.05) is 47.0 Å². The largest absolute Gasteiger partial charge is 0.381 e. The molecule has 8 heteroatoms. The molecule has 0 spiro atoms. The van der Waals surface area contributed by atoms with Crippen molar-refractivity contribution in [3.63, 3.8) is 0 Å². The molecule has 0 atom stereocenters. The van der Waals surface area contributed by atoms with Crippen LogP contribution in [0.2, 0.25) is 0 Å². The van der Waals surface area contributed by atoms with Gasteiger partial charge in [0.05, 0.1) is 10.5 Å². The lowest BCUT2D eigenvalue weighted by Crippen LogP contribution is -2.36. The summed E-state index contributed by atoms with van der Waals surface area (Å²) in [6.45, 7) is 9.68. The zero-order valence-electron chi connectivity index (χ0n) is 20.0. The summed E-state index contributed by atoms with van der Waals surface area (Å²) in [6.07, 6.45) is 11.9. The highest BCUT2D eigenvalue weighted by Gasteiger charge is 2.36. The van der Waals surface area contributed by atoms with E-state index in [1.165, 1.54) is 6.26 Å². The number of ether oxygens (including phenoxy) is 1. The number of hydrogen-bond acceptors (Lipinski definition) is 5. The third kappa shape index (κ3) is 10.9. The van der Waals surface area contributed by atoms with Crippen molar-refractivity contribution in [2.45, 2.75) is 109 Å². The smallest absolute Gasteiger partial charge is 0.209 e. The number of sulfonamides is 1. The molecule has 0 saturated carbocycles. The second-order valence-corrected chi connectivity index (χ2v) is 13.0. The monoisotopic (exact) mass is 469 g/mol. The number of sulfone groups is 1. The van der Waals surface area contributed by atoms with Crippen molar-refractivity contribution in [1.82, 2.24) is 0 Å². The number of primary sulfonamides is 1.